The first kappa shape index (κ1) is 28.9. The van der Waals surface area contributed by atoms with Crippen molar-refractivity contribution in [3.05, 3.63) is 71.2 Å². The third-order valence-corrected chi connectivity index (χ3v) is 6.99. The van der Waals surface area contributed by atoms with Gasteiger partial charge in [-0.1, -0.05) is 26.0 Å². The van der Waals surface area contributed by atoms with Crippen LogP contribution < -0.4 is 4.74 Å². The van der Waals surface area contributed by atoms with Crippen molar-refractivity contribution >= 4 is 14.0 Å². The largest absolute Gasteiger partial charge is 0.540 e. The maximum atomic E-state index is 14.7. The number of hydrogen-bond donors (Lipinski definition) is 2. The fourth-order valence-corrected chi connectivity index (χ4v) is 4.27. The summed E-state index contributed by atoms with van der Waals surface area (Å²) in [5, 5.41) is 7.38. The van der Waals surface area contributed by atoms with Gasteiger partial charge in [0.25, 0.3) is 0 Å². The van der Waals surface area contributed by atoms with Crippen molar-refractivity contribution in [3.8, 4) is 40.5 Å². The number of aliphatic hydroxyl groups is 1. The molecule has 3 rings (SSSR count). The third kappa shape index (κ3) is 5.03. The zero-order valence-corrected chi connectivity index (χ0v) is 21.0. The van der Waals surface area contributed by atoms with E-state index in [-0.39, 0.29) is 22.9 Å². The summed E-state index contributed by atoms with van der Waals surface area (Å²) in [6, 6.07) is 5.44. The first-order valence-corrected chi connectivity index (χ1v) is 12.2. The van der Waals surface area contributed by atoms with Crippen LogP contribution in [0.4, 0.5) is 22.0 Å². The Balaban J connectivity index is 2.40. The van der Waals surface area contributed by atoms with E-state index < -0.39 is 77.3 Å². The van der Waals surface area contributed by atoms with Crippen LogP contribution >= 0.6 is 8.03 Å². The number of carbonyl (C=O) groups excluding carboxylic acids is 1. The number of terminal acetylenes is 1. The third-order valence-electron chi connectivity index (χ3n) is 5.70. The lowest BCUT2D eigenvalue weighted by Crippen LogP contribution is -2.46. The Kier molecular flexibility index (Phi) is 8.32. The molecule has 3 unspecified atom stereocenters. The van der Waals surface area contributed by atoms with E-state index in [0.29, 0.717) is 0 Å². The molecule has 0 aliphatic rings. The molecule has 0 aliphatic heterocycles. The molecule has 2 aromatic carbocycles. The summed E-state index contributed by atoms with van der Waals surface area (Å²) in [7, 11) is -3.54. The van der Waals surface area contributed by atoms with Crippen LogP contribution in [0.15, 0.2) is 36.4 Å². The molecule has 2 N–H and O–H groups in total. The molecule has 3 atom stereocenters. The van der Waals surface area contributed by atoms with Gasteiger partial charge in [-0.15, -0.1) is 6.42 Å². The molecule has 0 bridgehead atoms. The second-order valence-corrected chi connectivity index (χ2v) is 9.77. The average molecular weight is 552 g/mol. The van der Waals surface area contributed by atoms with Gasteiger partial charge >= 0.3 is 19.2 Å². The molecular formula is C26H20F5NO5P+. The first-order chi connectivity index (χ1) is 17.8. The van der Waals surface area contributed by atoms with E-state index in [0.717, 1.165) is 25.1 Å². The van der Waals surface area contributed by atoms with Crippen molar-refractivity contribution in [2.24, 2.45) is 0 Å². The van der Waals surface area contributed by atoms with Gasteiger partial charge in [0, 0.05) is 11.6 Å². The summed E-state index contributed by atoms with van der Waals surface area (Å²) < 4.78 is 88.4. The van der Waals surface area contributed by atoms with Crippen molar-refractivity contribution in [1.29, 1.82) is 0 Å². The lowest BCUT2D eigenvalue weighted by atomic mass is 9.96. The molecule has 198 valence electrons. The molecule has 1 heterocycles. The number of nitrogens with zero attached hydrogens (tertiary/aromatic N) is 1. The highest BCUT2D eigenvalue weighted by molar-refractivity contribution is 7.42. The summed E-state index contributed by atoms with van der Waals surface area (Å²) in [6.07, 6.45) is 3.47. The van der Waals surface area contributed by atoms with Crippen LogP contribution in [0.3, 0.4) is 0 Å². The summed E-state index contributed by atoms with van der Waals surface area (Å²) in [4.78, 5) is 27.0. The molecule has 0 amide bonds. The average Bonchev–Trinajstić information content (AvgIpc) is 2.84. The van der Waals surface area contributed by atoms with Gasteiger partial charge in [0.2, 0.25) is 0 Å². The number of carbonyl (C=O) groups is 1. The van der Waals surface area contributed by atoms with Crippen molar-refractivity contribution in [3.63, 3.8) is 0 Å². The van der Waals surface area contributed by atoms with Crippen LogP contribution in [0.5, 0.6) is 5.75 Å². The van der Waals surface area contributed by atoms with Crippen LogP contribution in [0, 0.1) is 41.4 Å². The van der Waals surface area contributed by atoms with Gasteiger partial charge in [-0.2, -0.15) is 4.89 Å². The number of ether oxygens (including phenoxy) is 1. The predicted octanol–water partition coefficient (Wildman–Crippen LogP) is 5.63. The second kappa shape index (κ2) is 11.0. The van der Waals surface area contributed by atoms with E-state index in [1.807, 2.05) is 0 Å². The Morgan fingerprint density at radius 3 is 2.05 bits per heavy atom. The fourth-order valence-electron chi connectivity index (χ4n) is 3.64. The van der Waals surface area contributed by atoms with E-state index in [1.54, 1.807) is 5.92 Å². The van der Waals surface area contributed by atoms with Crippen molar-refractivity contribution in [2.75, 3.05) is 0 Å². The van der Waals surface area contributed by atoms with Crippen molar-refractivity contribution < 1.29 is 46.0 Å². The number of esters is 1. The molecule has 0 spiro atoms. The Labute approximate surface area is 215 Å². The van der Waals surface area contributed by atoms with Crippen LogP contribution in [-0.4, -0.2) is 32.2 Å². The molecule has 1 aromatic heterocycles. The maximum absolute atomic E-state index is 14.7. The summed E-state index contributed by atoms with van der Waals surface area (Å²) in [6.45, 7) is 4.07. The molecule has 38 heavy (non-hydrogen) atoms. The molecule has 3 aromatic rings. The van der Waals surface area contributed by atoms with Gasteiger partial charge in [0.15, 0.2) is 29.0 Å². The van der Waals surface area contributed by atoms with Gasteiger partial charge in [-0.05, 0) is 47.1 Å². The Morgan fingerprint density at radius 1 is 1.05 bits per heavy atom. The minimum absolute atomic E-state index is 0.0278. The van der Waals surface area contributed by atoms with Crippen molar-refractivity contribution in [1.82, 2.24) is 4.98 Å². The van der Waals surface area contributed by atoms with Gasteiger partial charge in [-0.25, -0.2) is 31.7 Å². The molecule has 0 fully saturated rings. The Bertz CT molecular complexity index is 1440. The number of aliphatic hydroxyl groups excluding tert-OH is 1. The van der Waals surface area contributed by atoms with Gasteiger partial charge in [0.1, 0.15) is 11.9 Å². The number of rotatable bonds is 7. The highest BCUT2D eigenvalue weighted by Gasteiger charge is 2.62. The van der Waals surface area contributed by atoms with E-state index in [2.05, 4.69) is 4.98 Å². The summed E-state index contributed by atoms with van der Waals surface area (Å²) in [5.74, 6) is -8.32. The number of pyridine rings is 1. The van der Waals surface area contributed by atoms with Gasteiger partial charge < -0.3 is 9.84 Å². The summed E-state index contributed by atoms with van der Waals surface area (Å²) >= 11 is 0. The normalized spacial score (nSPS) is 14.0. The molecule has 0 saturated heterocycles. The van der Waals surface area contributed by atoms with E-state index in [1.165, 1.54) is 26.0 Å². The fraction of sp³-hybridized carbons (Fsp3) is 0.231. The molecular weight excluding hydrogens is 532 g/mol. The van der Waals surface area contributed by atoms with Crippen LogP contribution in [0.25, 0.3) is 22.4 Å². The monoisotopic (exact) mass is 552 g/mol. The summed E-state index contributed by atoms with van der Waals surface area (Å²) in [5.41, 5.74) is -1.96. The molecule has 0 radical (unpaired) electrons. The minimum atomic E-state index is -3.54. The number of benzene rings is 2. The zero-order valence-electron chi connectivity index (χ0n) is 20.1. The van der Waals surface area contributed by atoms with Crippen LogP contribution in [0.1, 0.15) is 32.4 Å². The highest BCUT2D eigenvalue weighted by Crippen LogP contribution is 2.44. The van der Waals surface area contributed by atoms with Crippen molar-refractivity contribution in [2.45, 2.75) is 37.9 Å². The number of halogens is 5. The van der Waals surface area contributed by atoms with Crippen LogP contribution in [0.2, 0.25) is 0 Å². The predicted molar refractivity (Wildman–Crippen MR) is 128 cm³/mol. The highest BCUT2D eigenvalue weighted by atomic mass is 31.1. The molecule has 0 aliphatic carbocycles. The minimum Gasteiger partial charge on any atom is -0.419 e. The first-order valence-electron chi connectivity index (χ1n) is 10.9. The smallest absolute Gasteiger partial charge is 0.419 e. The van der Waals surface area contributed by atoms with E-state index in [4.69, 9.17) is 11.2 Å². The number of hydrogen-bond acceptors (Lipinski definition) is 5. The Hall–Kier alpha value is -3.71. The Morgan fingerprint density at radius 2 is 1.61 bits per heavy atom. The lowest BCUT2D eigenvalue weighted by molar-refractivity contribution is -0.138. The molecule has 12 heteroatoms. The number of aromatic nitrogens is 1. The molecule has 6 nitrogen and oxygen atoms in total. The van der Waals surface area contributed by atoms with E-state index >= 15 is 0 Å². The van der Waals surface area contributed by atoms with Gasteiger partial charge in [0.05, 0.1) is 17.0 Å². The lowest BCUT2D eigenvalue weighted by Gasteiger charge is -2.22. The van der Waals surface area contributed by atoms with Crippen LogP contribution in [-0.2, 0) is 9.36 Å². The maximum Gasteiger partial charge on any atom is 0.540 e. The topological polar surface area (TPSA) is 96.7 Å². The van der Waals surface area contributed by atoms with E-state index in [9.17, 15) is 41.3 Å². The SMILES string of the molecule is C#CC(C(=O)Oc1c(-c2ccc(F)cc2)cc(-c2c(F)c(F)cc(F)c2F)nc1C(C)C)(C(C)O)[P+](=O)O. The standard InChI is InChI=1S/C26H19F5NO5P/c1-5-26(13(4)33,38(35)36)25(34)37-24-16(14-6-8-15(27)9-7-14)10-19(32-23(24)12(2)3)20-21(30)17(28)11-18(29)22(20)31/h1,6-13,33H,2-4H3/p+1. The zero-order chi connectivity index (χ0) is 28.5. The quantitative estimate of drug-likeness (QED) is 0.130. The van der Waals surface area contributed by atoms with Gasteiger partial charge in [-0.3, -0.25) is 0 Å². The second-order valence-electron chi connectivity index (χ2n) is 8.52. The molecule has 0 saturated carbocycles.